The Bertz CT molecular complexity index is 439. The van der Waals surface area contributed by atoms with Gasteiger partial charge in [0.05, 0.1) is 7.11 Å². The molecule has 0 saturated heterocycles. The molecule has 18 heavy (non-hydrogen) atoms. The third-order valence-corrected chi connectivity index (χ3v) is 3.60. The predicted octanol–water partition coefficient (Wildman–Crippen LogP) is 3.49. The molecule has 0 aromatic heterocycles. The Morgan fingerprint density at radius 3 is 2.72 bits per heavy atom. The van der Waals surface area contributed by atoms with Gasteiger partial charge in [0, 0.05) is 15.1 Å². The zero-order valence-electron chi connectivity index (χ0n) is 10.7. The summed E-state index contributed by atoms with van der Waals surface area (Å²) in [5, 5.41) is 3.73. The molecule has 0 saturated carbocycles. The Kier molecular flexibility index (Phi) is 5.63. The van der Waals surface area contributed by atoms with Crippen LogP contribution in [0.4, 0.5) is 0 Å². The molecule has 0 aliphatic heterocycles. The number of ether oxygens (including phenoxy) is 1. The van der Waals surface area contributed by atoms with E-state index in [1.165, 1.54) is 7.11 Å². The Morgan fingerprint density at radius 1 is 1.56 bits per heavy atom. The SMILES string of the molecule is CCCNC(C)(C(=O)OC)c1ccc(Br)cc1Cl. The van der Waals surface area contributed by atoms with Gasteiger partial charge in [-0.25, -0.2) is 4.79 Å². The molecule has 0 radical (unpaired) electrons. The van der Waals surface area contributed by atoms with Gasteiger partial charge in [-0.2, -0.15) is 0 Å². The van der Waals surface area contributed by atoms with Gasteiger partial charge in [-0.05, 0) is 32.0 Å². The van der Waals surface area contributed by atoms with Crippen LogP contribution in [0.15, 0.2) is 22.7 Å². The highest BCUT2D eigenvalue weighted by atomic mass is 79.9. The fourth-order valence-electron chi connectivity index (χ4n) is 1.75. The van der Waals surface area contributed by atoms with Crippen LogP contribution < -0.4 is 5.32 Å². The lowest BCUT2D eigenvalue weighted by Gasteiger charge is -2.29. The van der Waals surface area contributed by atoms with Crippen molar-refractivity contribution in [3.63, 3.8) is 0 Å². The molecule has 1 atom stereocenters. The molecule has 0 heterocycles. The first-order valence-electron chi connectivity index (χ1n) is 5.74. The second-order valence-corrected chi connectivity index (χ2v) is 5.49. The van der Waals surface area contributed by atoms with Gasteiger partial charge in [0.1, 0.15) is 5.54 Å². The van der Waals surface area contributed by atoms with Crippen LogP contribution in [0.1, 0.15) is 25.8 Å². The van der Waals surface area contributed by atoms with Crippen molar-refractivity contribution < 1.29 is 9.53 Å². The van der Waals surface area contributed by atoms with Gasteiger partial charge < -0.3 is 4.74 Å². The van der Waals surface area contributed by atoms with Gasteiger partial charge in [-0.3, -0.25) is 5.32 Å². The lowest BCUT2D eigenvalue weighted by molar-refractivity contribution is -0.148. The highest BCUT2D eigenvalue weighted by Crippen LogP contribution is 2.31. The van der Waals surface area contributed by atoms with Crippen LogP contribution in [0, 0.1) is 0 Å². The first-order chi connectivity index (χ1) is 8.45. The molecule has 0 aliphatic rings. The van der Waals surface area contributed by atoms with Gasteiger partial charge in [-0.1, -0.05) is 40.5 Å². The topological polar surface area (TPSA) is 38.3 Å². The molecule has 0 spiro atoms. The first-order valence-corrected chi connectivity index (χ1v) is 6.91. The predicted molar refractivity (Wildman–Crippen MR) is 76.8 cm³/mol. The molecule has 0 amide bonds. The molecule has 5 heteroatoms. The minimum Gasteiger partial charge on any atom is -0.467 e. The number of rotatable bonds is 5. The third-order valence-electron chi connectivity index (χ3n) is 2.79. The minimum absolute atomic E-state index is 0.347. The summed E-state index contributed by atoms with van der Waals surface area (Å²) in [7, 11) is 1.38. The number of benzene rings is 1. The van der Waals surface area contributed by atoms with Crippen LogP contribution in [0.5, 0.6) is 0 Å². The van der Waals surface area contributed by atoms with Gasteiger partial charge in [0.15, 0.2) is 0 Å². The maximum absolute atomic E-state index is 12.0. The quantitative estimate of drug-likeness (QED) is 0.838. The molecule has 1 rings (SSSR count). The van der Waals surface area contributed by atoms with Crippen LogP contribution in [0.2, 0.25) is 5.02 Å². The van der Waals surface area contributed by atoms with E-state index in [0.29, 0.717) is 17.1 Å². The molecule has 0 fully saturated rings. The Labute approximate surface area is 121 Å². The molecule has 1 aromatic carbocycles. The average molecular weight is 335 g/mol. The molecule has 0 aliphatic carbocycles. The van der Waals surface area contributed by atoms with Gasteiger partial charge >= 0.3 is 5.97 Å². The molecular formula is C13H17BrClNO2. The average Bonchev–Trinajstić information content (AvgIpc) is 2.34. The van der Waals surface area contributed by atoms with E-state index >= 15 is 0 Å². The summed E-state index contributed by atoms with van der Waals surface area (Å²) < 4.78 is 5.75. The highest BCUT2D eigenvalue weighted by molar-refractivity contribution is 9.10. The third kappa shape index (κ3) is 3.25. The van der Waals surface area contributed by atoms with Crippen molar-refractivity contribution in [3.8, 4) is 0 Å². The van der Waals surface area contributed by atoms with E-state index in [-0.39, 0.29) is 5.97 Å². The summed E-state index contributed by atoms with van der Waals surface area (Å²) in [4.78, 5) is 12.0. The summed E-state index contributed by atoms with van der Waals surface area (Å²) in [6, 6.07) is 5.45. The highest BCUT2D eigenvalue weighted by Gasteiger charge is 2.37. The maximum atomic E-state index is 12.0. The Hall–Kier alpha value is -0.580. The molecule has 3 nitrogen and oxygen atoms in total. The normalized spacial score (nSPS) is 14.1. The smallest absolute Gasteiger partial charge is 0.330 e. The van der Waals surface area contributed by atoms with E-state index in [2.05, 4.69) is 21.2 Å². The fourth-order valence-corrected chi connectivity index (χ4v) is 2.61. The molecule has 0 bridgehead atoms. The number of esters is 1. The number of nitrogens with one attached hydrogen (secondary N) is 1. The van der Waals surface area contributed by atoms with Crippen molar-refractivity contribution in [3.05, 3.63) is 33.3 Å². The van der Waals surface area contributed by atoms with Crippen LogP contribution in [0.25, 0.3) is 0 Å². The van der Waals surface area contributed by atoms with Crippen molar-refractivity contribution in [1.29, 1.82) is 0 Å². The summed E-state index contributed by atoms with van der Waals surface area (Å²) in [6.45, 7) is 4.52. The van der Waals surface area contributed by atoms with E-state index in [9.17, 15) is 4.79 Å². The summed E-state index contributed by atoms with van der Waals surface area (Å²) >= 11 is 9.56. The number of halogens is 2. The Balaban J connectivity index is 3.20. The summed E-state index contributed by atoms with van der Waals surface area (Å²) in [5.41, 5.74) is -0.213. The molecule has 1 unspecified atom stereocenters. The lowest BCUT2D eigenvalue weighted by atomic mass is 9.91. The number of carbonyl (C=O) groups is 1. The lowest BCUT2D eigenvalue weighted by Crippen LogP contribution is -2.47. The molecule has 1 aromatic rings. The van der Waals surface area contributed by atoms with Crippen molar-refractivity contribution in [2.24, 2.45) is 0 Å². The minimum atomic E-state index is -0.928. The standard InChI is InChI=1S/C13H17BrClNO2/c1-4-7-16-13(2,12(17)18-3)10-6-5-9(14)8-11(10)15/h5-6,8,16H,4,7H2,1-3H3. The second-order valence-electron chi connectivity index (χ2n) is 4.17. The van der Waals surface area contributed by atoms with Crippen LogP contribution in [-0.4, -0.2) is 19.6 Å². The Morgan fingerprint density at radius 2 is 2.22 bits per heavy atom. The monoisotopic (exact) mass is 333 g/mol. The van der Waals surface area contributed by atoms with Crippen molar-refractivity contribution in [1.82, 2.24) is 5.32 Å². The zero-order chi connectivity index (χ0) is 13.8. The molecule has 100 valence electrons. The van der Waals surface area contributed by atoms with Gasteiger partial charge in [0.25, 0.3) is 0 Å². The van der Waals surface area contributed by atoms with Crippen molar-refractivity contribution in [2.45, 2.75) is 25.8 Å². The van der Waals surface area contributed by atoms with E-state index in [1.54, 1.807) is 13.0 Å². The van der Waals surface area contributed by atoms with Crippen molar-refractivity contribution in [2.75, 3.05) is 13.7 Å². The van der Waals surface area contributed by atoms with Crippen LogP contribution in [0.3, 0.4) is 0 Å². The van der Waals surface area contributed by atoms with E-state index in [0.717, 1.165) is 10.9 Å². The summed E-state index contributed by atoms with van der Waals surface area (Å²) in [5.74, 6) is -0.347. The van der Waals surface area contributed by atoms with Gasteiger partial charge in [0.2, 0.25) is 0 Å². The van der Waals surface area contributed by atoms with E-state index in [4.69, 9.17) is 16.3 Å². The van der Waals surface area contributed by atoms with E-state index in [1.807, 2.05) is 19.1 Å². The first kappa shape index (κ1) is 15.5. The van der Waals surface area contributed by atoms with Crippen molar-refractivity contribution >= 4 is 33.5 Å². The van der Waals surface area contributed by atoms with Gasteiger partial charge in [-0.15, -0.1) is 0 Å². The fraction of sp³-hybridized carbons (Fsp3) is 0.462. The number of hydrogen-bond acceptors (Lipinski definition) is 3. The number of hydrogen-bond donors (Lipinski definition) is 1. The van der Waals surface area contributed by atoms with Crippen LogP contribution >= 0.6 is 27.5 Å². The van der Waals surface area contributed by atoms with Crippen LogP contribution in [-0.2, 0) is 15.1 Å². The molecule has 1 N–H and O–H groups in total. The number of carbonyl (C=O) groups excluding carboxylic acids is 1. The number of methoxy groups -OCH3 is 1. The van der Waals surface area contributed by atoms with E-state index < -0.39 is 5.54 Å². The maximum Gasteiger partial charge on any atom is 0.330 e. The summed E-state index contributed by atoms with van der Waals surface area (Å²) in [6.07, 6.45) is 0.917. The second kappa shape index (κ2) is 6.55. The molecular weight excluding hydrogens is 318 g/mol. The zero-order valence-corrected chi connectivity index (χ0v) is 13.1. The largest absolute Gasteiger partial charge is 0.467 e.